The molecule has 0 aliphatic carbocycles. The van der Waals surface area contributed by atoms with Gasteiger partial charge >= 0.3 is 0 Å². The molecule has 0 bridgehead atoms. The van der Waals surface area contributed by atoms with Gasteiger partial charge in [-0.2, -0.15) is 0 Å². The van der Waals surface area contributed by atoms with Gasteiger partial charge in [-0.1, -0.05) is 12.1 Å². The fourth-order valence-electron chi connectivity index (χ4n) is 3.42. The predicted octanol–water partition coefficient (Wildman–Crippen LogP) is 2.18. The lowest BCUT2D eigenvalue weighted by molar-refractivity contribution is 0.188. The highest BCUT2D eigenvalue weighted by molar-refractivity contribution is 6.04. The van der Waals surface area contributed by atoms with Gasteiger partial charge in [0.2, 0.25) is 0 Å². The van der Waals surface area contributed by atoms with E-state index in [0.717, 1.165) is 60.8 Å². The largest absolute Gasteiger partial charge is 0.496 e. The number of pyridine rings is 1. The monoisotopic (exact) mass is 344 g/mol. The SMILES string of the molecule is COc1cccc2c(N3CCN(CCO)CC3)ncc(NC(C)C)c12. The summed E-state index contributed by atoms with van der Waals surface area (Å²) in [7, 11) is 1.71. The number of rotatable bonds is 6. The maximum atomic E-state index is 9.11. The number of methoxy groups -OCH3 is 1. The van der Waals surface area contributed by atoms with E-state index in [1.807, 2.05) is 18.3 Å². The third kappa shape index (κ3) is 3.80. The summed E-state index contributed by atoms with van der Waals surface area (Å²) >= 11 is 0. The fraction of sp³-hybridized carbons (Fsp3) is 0.526. The molecule has 2 N–H and O–H groups in total. The van der Waals surface area contributed by atoms with Crippen LogP contribution in [-0.4, -0.2) is 67.5 Å². The van der Waals surface area contributed by atoms with Crippen molar-refractivity contribution in [1.82, 2.24) is 9.88 Å². The molecule has 0 atom stereocenters. The highest BCUT2D eigenvalue weighted by Crippen LogP contribution is 2.37. The van der Waals surface area contributed by atoms with E-state index in [-0.39, 0.29) is 6.61 Å². The van der Waals surface area contributed by atoms with Crippen LogP contribution in [0.2, 0.25) is 0 Å². The number of aromatic nitrogens is 1. The van der Waals surface area contributed by atoms with Crippen molar-refractivity contribution in [3.63, 3.8) is 0 Å². The average molecular weight is 344 g/mol. The maximum absolute atomic E-state index is 9.11. The van der Waals surface area contributed by atoms with Crippen LogP contribution in [0.1, 0.15) is 13.8 Å². The van der Waals surface area contributed by atoms with E-state index < -0.39 is 0 Å². The number of β-amino-alcohol motifs (C(OH)–C–C–N with tert-alkyl or cyclic N) is 1. The Labute approximate surface area is 149 Å². The van der Waals surface area contributed by atoms with Crippen molar-refractivity contribution in [2.24, 2.45) is 0 Å². The fourth-order valence-corrected chi connectivity index (χ4v) is 3.42. The van der Waals surface area contributed by atoms with Crippen LogP contribution in [0.5, 0.6) is 5.75 Å². The molecule has 0 saturated carbocycles. The van der Waals surface area contributed by atoms with E-state index in [0.29, 0.717) is 6.04 Å². The molecule has 6 heteroatoms. The predicted molar refractivity (Wildman–Crippen MR) is 103 cm³/mol. The Kier molecular flexibility index (Phi) is 5.60. The molecule has 1 aromatic heterocycles. The zero-order valence-corrected chi connectivity index (χ0v) is 15.3. The van der Waals surface area contributed by atoms with Gasteiger partial charge in [0.15, 0.2) is 0 Å². The molecule has 2 aromatic rings. The second-order valence-corrected chi connectivity index (χ2v) is 6.73. The summed E-state index contributed by atoms with van der Waals surface area (Å²) in [6, 6.07) is 6.46. The summed E-state index contributed by atoms with van der Waals surface area (Å²) < 4.78 is 5.62. The number of anilines is 2. The number of piperazine rings is 1. The molecular weight excluding hydrogens is 316 g/mol. The van der Waals surface area contributed by atoms with Gasteiger partial charge in [0, 0.05) is 44.2 Å². The maximum Gasteiger partial charge on any atom is 0.136 e. The molecule has 1 fully saturated rings. The second-order valence-electron chi connectivity index (χ2n) is 6.73. The van der Waals surface area contributed by atoms with Crippen LogP contribution < -0.4 is 15.0 Å². The third-order valence-corrected chi connectivity index (χ3v) is 4.60. The van der Waals surface area contributed by atoms with Crippen LogP contribution in [0.25, 0.3) is 10.8 Å². The molecule has 0 amide bonds. The van der Waals surface area contributed by atoms with Crippen LogP contribution >= 0.6 is 0 Å². The van der Waals surface area contributed by atoms with Crippen LogP contribution in [0.3, 0.4) is 0 Å². The first-order valence-electron chi connectivity index (χ1n) is 8.94. The van der Waals surface area contributed by atoms with Crippen molar-refractivity contribution in [2.45, 2.75) is 19.9 Å². The highest BCUT2D eigenvalue weighted by Gasteiger charge is 2.21. The topological polar surface area (TPSA) is 60.9 Å². The van der Waals surface area contributed by atoms with Crippen molar-refractivity contribution in [1.29, 1.82) is 0 Å². The Bertz CT molecular complexity index is 712. The first-order chi connectivity index (χ1) is 12.1. The number of hydrogen-bond acceptors (Lipinski definition) is 6. The first kappa shape index (κ1) is 17.8. The minimum atomic E-state index is 0.216. The van der Waals surface area contributed by atoms with Gasteiger partial charge in [-0.3, -0.25) is 4.90 Å². The normalized spacial score (nSPS) is 15.8. The van der Waals surface area contributed by atoms with Crippen molar-refractivity contribution in [3.8, 4) is 5.75 Å². The zero-order valence-electron chi connectivity index (χ0n) is 15.3. The molecular formula is C19H28N4O2. The molecule has 1 aliphatic heterocycles. The summed E-state index contributed by atoms with van der Waals surface area (Å²) in [6.07, 6.45) is 1.92. The lowest BCUT2D eigenvalue weighted by Crippen LogP contribution is -2.47. The van der Waals surface area contributed by atoms with Crippen molar-refractivity contribution in [2.75, 3.05) is 56.7 Å². The van der Waals surface area contributed by atoms with Crippen molar-refractivity contribution in [3.05, 3.63) is 24.4 Å². The smallest absolute Gasteiger partial charge is 0.136 e. The van der Waals surface area contributed by atoms with Crippen molar-refractivity contribution < 1.29 is 9.84 Å². The molecule has 0 unspecified atom stereocenters. The van der Waals surface area contributed by atoms with E-state index >= 15 is 0 Å². The van der Waals surface area contributed by atoms with E-state index in [9.17, 15) is 0 Å². The number of ether oxygens (including phenoxy) is 1. The molecule has 25 heavy (non-hydrogen) atoms. The first-order valence-corrected chi connectivity index (χ1v) is 8.94. The van der Waals surface area contributed by atoms with Crippen LogP contribution in [0.4, 0.5) is 11.5 Å². The number of aliphatic hydroxyl groups excluding tert-OH is 1. The number of nitrogens with zero attached hydrogens (tertiary/aromatic N) is 3. The lowest BCUT2D eigenvalue weighted by Gasteiger charge is -2.35. The molecule has 3 rings (SSSR count). The number of nitrogens with one attached hydrogen (secondary N) is 1. The summed E-state index contributed by atoms with van der Waals surface area (Å²) in [5.74, 6) is 1.87. The molecule has 1 aromatic carbocycles. The number of hydrogen-bond donors (Lipinski definition) is 2. The van der Waals surface area contributed by atoms with Gasteiger partial charge in [0.05, 0.1) is 31.0 Å². The Morgan fingerprint density at radius 3 is 2.64 bits per heavy atom. The minimum absolute atomic E-state index is 0.216. The minimum Gasteiger partial charge on any atom is -0.496 e. The molecule has 6 nitrogen and oxygen atoms in total. The Morgan fingerprint density at radius 2 is 2.00 bits per heavy atom. The average Bonchev–Trinajstić information content (AvgIpc) is 2.62. The summed E-state index contributed by atoms with van der Waals surface area (Å²) in [4.78, 5) is 9.38. The Morgan fingerprint density at radius 1 is 1.24 bits per heavy atom. The van der Waals surface area contributed by atoms with Gasteiger partial charge in [-0.25, -0.2) is 4.98 Å². The summed E-state index contributed by atoms with van der Waals surface area (Å²) in [5, 5.41) is 14.8. The van der Waals surface area contributed by atoms with Gasteiger partial charge in [0.1, 0.15) is 11.6 Å². The van der Waals surface area contributed by atoms with Gasteiger partial charge < -0.3 is 20.1 Å². The summed E-state index contributed by atoms with van der Waals surface area (Å²) in [6.45, 7) is 8.91. The standard InChI is InChI=1S/C19H28N4O2/c1-14(2)21-16-13-20-19(15-5-4-6-17(25-3)18(15)16)23-9-7-22(8-10-23)11-12-24/h4-6,13-14,21,24H,7-12H2,1-3H3. The zero-order chi connectivity index (χ0) is 17.8. The second kappa shape index (κ2) is 7.89. The van der Waals surface area contributed by atoms with Gasteiger partial charge in [-0.05, 0) is 19.9 Å². The Balaban J connectivity index is 1.97. The molecule has 136 valence electrons. The van der Waals surface area contributed by atoms with E-state index in [1.54, 1.807) is 7.11 Å². The third-order valence-electron chi connectivity index (χ3n) is 4.60. The van der Waals surface area contributed by atoms with Crippen LogP contribution in [-0.2, 0) is 0 Å². The molecule has 0 spiro atoms. The Hall–Kier alpha value is -2.05. The van der Waals surface area contributed by atoms with E-state index in [4.69, 9.17) is 14.8 Å². The molecule has 1 aliphatic rings. The number of aliphatic hydroxyl groups is 1. The molecule has 1 saturated heterocycles. The molecule has 0 radical (unpaired) electrons. The van der Waals surface area contributed by atoms with Gasteiger partial charge in [0.25, 0.3) is 0 Å². The number of fused-ring (bicyclic) bond motifs is 1. The van der Waals surface area contributed by atoms with E-state index in [2.05, 4.69) is 35.0 Å². The van der Waals surface area contributed by atoms with Crippen LogP contribution in [0, 0.1) is 0 Å². The van der Waals surface area contributed by atoms with Crippen LogP contribution in [0.15, 0.2) is 24.4 Å². The molecule has 2 heterocycles. The van der Waals surface area contributed by atoms with Crippen molar-refractivity contribution >= 4 is 22.3 Å². The highest BCUT2D eigenvalue weighted by atomic mass is 16.5. The summed E-state index contributed by atoms with van der Waals surface area (Å²) in [5.41, 5.74) is 1.00. The number of benzene rings is 1. The quantitative estimate of drug-likeness (QED) is 0.838. The van der Waals surface area contributed by atoms with E-state index in [1.165, 1.54) is 0 Å². The van der Waals surface area contributed by atoms with Gasteiger partial charge in [-0.15, -0.1) is 0 Å². The lowest BCUT2D eigenvalue weighted by atomic mass is 10.1.